The second-order valence-corrected chi connectivity index (χ2v) is 5.82. The molecule has 5 heteroatoms. The number of carbonyl (C=O) groups is 1. The van der Waals surface area contributed by atoms with Crippen molar-refractivity contribution in [3.8, 4) is 0 Å². The molecular weight excluding hydrogens is 300 g/mol. The summed E-state index contributed by atoms with van der Waals surface area (Å²) < 4.78 is 0. The van der Waals surface area contributed by atoms with E-state index < -0.39 is 0 Å². The number of thiocarbonyl (C=S) groups is 1. The highest BCUT2D eigenvalue weighted by Gasteiger charge is 2.13. The Morgan fingerprint density at radius 3 is 2.05 bits per heavy atom. The third-order valence-electron chi connectivity index (χ3n) is 3.18. The molecule has 21 heavy (non-hydrogen) atoms. The largest absolute Gasteiger partial charge is 0.389 e. The molecule has 0 aliphatic heterocycles. The van der Waals surface area contributed by atoms with Crippen LogP contribution in [0.3, 0.4) is 0 Å². The Hall–Kier alpha value is -1.85. The van der Waals surface area contributed by atoms with E-state index in [0.29, 0.717) is 10.6 Å². The van der Waals surface area contributed by atoms with Crippen molar-refractivity contribution in [3.63, 3.8) is 0 Å². The minimum absolute atomic E-state index is 0.0503. The predicted molar refractivity (Wildman–Crippen MR) is 93.3 cm³/mol. The summed E-state index contributed by atoms with van der Waals surface area (Å²) in [5.74, 6) is -0.0503. The summed E-state index contributed by atoms with van der Waals surface area (Å²) >= 11 is 6.57. The number of hydrogen-bond acceptors (Lipinski definition) is 3. The van der Waals surface area contributed by atoms with Gasteiger partial charge in [0.05, 0.1) is 0 Å². The van der Waals surface area contributed by atoms with Gasteiger partial charge < -0.3 is 10.6 Å². The monoisotopic (exact) mass is 316 g/mol. The average molecular weight is 316 g/mol. The third-order valence-corrected chi connectivity index (χ3v) is 4.16. The fourth-order valence-corrected chi connectivity index (χ4v) is 2.44. The van der Waals surface area contributed by atoms with Gasteiger partial charge in [0, 0.05) is 28.8 Å². The fourth-order valence-electron chi connectivity index (χ4n) is 1.89. The number of nitrogens with two attached hydrogens (primary N) is 1. The second kappa shape index (κ2) is 6.74. The highest BCUT2D eigenvalue weighted by atomic mass is 32.2. The maximum Gasteiger partial charge on any atom is 0.258 e. The van der Waals surface area contributed by atoms with Gasteiger partial charge in [0.15, 0.2) is 0 Å². The lowest BCUT2D eigenvalue weighted by Gasteiger charge is -2.18. The van der Waals surface area contributed by atoms with E-state index in [1.54, 1.807) is 23.7 Å². The topological polar surface area (TPSA) is 46.3 Å². The van der Waals surface area contributed by atoms with E-state index in [2.05, 4.69) is 0 Å². The lowest BCUT2D eigenvalue weighted by atomic mass is 10.1. The van der Waals surface area contributed by atoms with Gasteiger partial charge in [0.25, 0.3) is 5.91 Å². The highest BCUT2D eigenvalue weighted by molar-refractivity contribution is 7.98. The van der Waals surface area contributed by atoms with E-state index in [1.807, 2.05) is 54.8 Å². The van der Waals surface area contributed by atoms with Crippen LogP contribution >= 0.6 is 24.0 Å². The number of benzene rings is 2. The van der Waals surface area contributed by atoms with Crippen LogP contribution in [0.1, 0.15) is 15.9 Å². The number of thioether (sulfide) groups is 1. The molecule has 0 spiro atoms. The standard InChI is InChI=1S/C16H16N2OS2/c1-18(13-7-3-11(4-8-13)15(17)20)16(19)12-5-9-14(21-2)10-6-12/h3-10H,1-2H3,(H2,17,20). The van der Waals surface area contributed by atoms with Crippen LogP contribution in [0.25, 0.3) is 0 Å². The predicted octanol–water partition coefficient (Wildman–Crippen LogP) is 3.32. The molecule has 0 heterocycles. The third kappa shape index (κ3) is 3.62. The van der Waals surface area contributed by atoms with Gasteiger partial charge in [-0.2, -0.15) is 0 Å². The zero-order valence-corrected chi connectivity index (χ0v) is 13.5. The van der Waals surface area contributed by atoms with Gasteiger partial charge in [-0.25, -0.2) is 0 Å². The quantitative estimate of drug-likeness (QED) is 0.694. The van der Waals surface area contributed by atoms with E-state index in [0.717, 1.165) is 16.1 Å². The van der Waals surface area contributed by atoms with Gasteiger partial charge in [-0.3, -0.25) is 4.79 Å². The molecule has 0 aliphatic rings. The molecule has 0 aromatic heterocycles. The first kappa shape index (κ1) is 15.5. The summed E-state index contributed by atoms with van der Waals surface area (Å²) in [6, 6.07) is 14.9. The minimum Gasteiger partial charge on any atom is -0.389 e. The van der Waals surface area contributed by atoms with Crippen molar-refractivity contribution >= 4 is 40.6 Å². The van der Waals surface area contributed by atoms with Crippen LogP contribution in [-0.2, 0) is 0 Å². The molecule has 108 valence electrons. The summed E-state index contributed by atoms with van der Waals surface area (Å²) in [4.78, 5) is 15.5. The smallest absolute Gasteiger partial charge is 0.258 e. The van der Waals surface area contributed by atoms with Crippen LogP contribution in [0.4, 0.5) is 5.69 Å². The van der Waals surface area contributed by atoms with Gasteiger partial charge in [0.1, 0.15) is 4.99 Å². The molecule has 0 aliphatic carbocycles. The molecule has 3 nitrogen and oxygen atoms in total. The normalized spacial score (nSPS) is 10.2. The molecule has 2 aromatic carbocycles. The maximum absolute atomic E-state index is 12.4. The van der Waals surface area contributed by atoms with Crippen molar-refractivity contribution in [2.45, 2.75) is 4.90 Å². The number of anilines is 1. The van der Waals surface area contributed by atoms with Gasteiger partial charge in [-0.15, -0.1) is 11.8 Å². The Kier molecular flexibility index (Phi) is 4.98. The van der Waals surface area contributed by atoms with Crippen molar-refractivity contribution in [2.24, 2.45) is 5.73 Å². The van der Waals surface area contributed by atoms with Gasteiger partial charge in [0.2, 0.25) is 0 Å². The van der Waals surface area contributed by atoms with Gasteiger partial charge in [-0.1, -0.05) is 12.2 Å². The van der Waals surface area contributed by atoms with Crippen LogP contribution in [-0.4, -0.2) is 24.2 Å². The van der Waals surface area contributed by atoms with Crippen molar-refractivity contribution < 1.29 is 4.79 Å². The van der Waals surface area contributed by atoms with Crippen molar-refractivity contribution in [2.75, 3.05) is 18.2 Å². The first-order chi connectivity index (χ1) is 10.0. The first-order valence-corrected chi connectivity index (χ1v) is 7.98. The molecule has 0 bridgehead atoms. The van der Waals surface area contributed by atoms with E-state index in [4.69, 9.17) is 18.0 Å². The molecule has 0 atom stereocenters. The molecular formula is C16H16N2OS2. The molecule has 0 unspecified atom stereocenters. The molecule has 0 saturated heterocycles. The van der Waals surface area contributed by atoms with Crippen LogP contribution < -0.4 is 10.6 Å². The fraction of sp³-hybridized carbons (Fsp3) is 0.125. The second-order valence-electron chi connectivity index (χ2n) is 4.50. The number of amides is 1. The molecule has 0 radical (unpaired) electrons. The van der Waals surface area contributed by atoms with E-state index in [9.17, 15) is 4.79 Å². The number of carbonyl (C=O) groups excluding carboxylic acids is 1. The van der Waals surface area contributed by atoms with Crippen LogP contribution in [0.2, 0.25) is 0 Å². The maximum atomic E-state index is 12.4. The number of nitrogens with zero attached hydrogens (tertiary/aromatic N) is 1. The Morgan fingerprint density at radius 2 is 1.57 bits per heavy atom. The zero-order chi connectivity index (χ0) is 15.4. The molecule has 0 saturated carbocycles. The minimum atomic E-state index is -0.0503. The summed E-state index contributed by atoms with van der Waals surface area (Å²) in [6.45, 7) is 0. The highest BCUT2D eigenvalue weighted by Crippen LogP contribution is 2.19. The SMILES string of the molecule is CSc1ccc(C(=O)N(C)c2ccc(C(N)=S)cc2)cc1. The van der Waals surface area contributed by atoms with Crippen LogP contribution in [0.15, 0.2) is 53.4 Å². The first-order valence-electron chi connectivity index (χ1n) is 6.35. The van der Waals surface area contributed by atoms with Crippen LogP contribution in [0, 0.1) is 0 Å². The number of rotatable bonds is 4. The summed E-state index contributed by atoms with van der Waals surface area (Å²) in [5, 5.41) is 0. The Bertz CT molecular complexity index is 651. The van der Waals surface area contributed by atoms with E-state index in [1.165, 1.54) is 0 Å². The molecule has 2 aromatic rings. The lowest BCUT2D eigenvalue weighted by molar-refractivity contribution is 0.0993. The zero-order valence-electron chi connectivity index (χ0n) is 11.9. The van der Waals surface area contributed by atoms with Crippen LogP contribution in [0.5, 0.6) is 0 Å². The molecule has 0 fully saturated rings. The van der Waals surface area contributed by atoms with E-state index in [-0.39, 0.29) is 5.91 Å². The van der Waals surface area contributed by atoms with Gasteiger partial charge >= 0.3 is 0 Å². The Labute approximate surface area is 134 Å². The molecule has 2 N–H and O–H groups in total. The van der Waals surface area contributed by atoms with Crippen molar-refractivity contribution in [1.29, 1.82) is 0 Å². The van der Waals surface area contributed by atoms with Gasteiger partial charge in [-0.05, 0) is 54.8 Å². The Balaban J connectivity index is 2.19. The van der Waals surface area contributed by atoms with Crippen molar-refractivity contribution in [3.05, 3.63) is 59.7 Å². The molecule has 2 rings (SSSR count). The molecule has 1 amide bonds. The van der Waals surface area contributed by atoms with E-state index >= 15 is 0 Å². The lowest BCUT2D eigenvalue weighted by Crippen LogP contribution is -2.26. The summed E-state index contributed by atoms with van der Waals surface area (Å²) in [7, 11) is 1.75. The van der Waals surface area contributed by atoms with Crippen molar-refractivity contribution in [1.82, 2.24) is 0 Å². The number of hydrogen-bond donors (Lipinski definition) is 1. The average Bonchev–Trinajstić information content (AvgIpc) is 2.53. The summed E-state index contributed by atoms with van der Waals surface area (Å²) in [5.41, 5.74) is 7.82. The summed E-state index contributed by atoms with van der Waals surface area (Å²) in [6.07, 6.45) is 2.01. The Morgan fingerprint density at radius 1 is 1.05 bits per heavy atom.